The van der Waals surface area contributed by atoms with Crippen LogP contribution in [0.15, 0.2) is 18.2 Å². The van der Waals surface area contributed by atoms with Crippen LogP contribution in [0.3, 0.4) is 0 Å². The van der Waals surface area contributed by atoms with Gasteiger partial charge in [0.25, 0.3) is 0 Å². The number of benzene rings is 1. The highest BCUT2D eigenvalue weighted by Crippen LogP contribution is 2.25. The Kier molecular flexibility index (Phi) is 4.87. The van der Waals surface area contributed by atoms with E-state index in [1.165, 1.54) is 0 Å². The van der Waals surface area contributed by atoms with Crippen LogP contribution in [0.4, 0.5) is 0 Å². The van der Waals surface area contributed by atoms with E-state index in [-0.39, 0.29) is 18.4 Å². The molecule has 0 saturated heterocycles. The Bertz CT molecular complexity index is 431. The average Bonchev–Trinajstić information content (AvgIpc) is 2.87. The van der Waals surface area contributed by atoms with Crippen LogP contribution in [0, 0.1) is 5.92 Å². The summed E-state index contributed by atoms with van der Waals surface area (Å²) in [4.78, 5) is 16.9. The summed E-state index contributed by atoms with van der Waals surface area (Å²) in [5, 5.41) is 0.996. The van der Waals surface area contributed by atoms with E-state index in [9.17, 15) is 4.79 Å². The fourth-order valence-corrected chi connectivity index (χ4v) is 2.41. The summed E-state index contributed by atoms with van der Waals surface area (Å²) in [6.45, 7) is 0.287. The van der Waals surface area contributed by atoms with E-state index in [1.807, 2.05) is 6.07 Å². The first-order valence-electron chi connectivity index (χ1n) is 6.02. The molecule has 0 spiro atoms. The van der Waals surface area contributed by atoms with Gasteiger partial charge in [0.15, 0.2) is 0 Å². The van der Waals surface area contributed by atoms with Gasteiger partial charge in [-0.1, -0.05) is 42.1 Å². The average molecular weight is 288 g/mol. The summed E-state index contributed by atoms with van der Waals surface area (Å²) in [6.07, 6.45) is 4.18. The van der Waals surface area contributed by atoms with Gasteiger partial charge < -0.3 is 0 Å². The molecule has 0 radical (unpaired) electrons. The van der Waals surface area contributed by atoms with E-state index in [0.717, 1.165) is 31.2 Å². The molecule has 18 heavy (non-hydrogen) atoms. The lowest BCUT2D eigenvalue weighted by atomic mass is 10.1. The summed E-state index contributed by atoms with van der Waals surface area (Å²) in [5.41, 5.74) is 3.36. The molecule has 1 saturated carbocycles. The summed E-state index contributed by atoms with van der Waals surface area (Å²) in [5.74, 6) is 0.0892. The fourth-order valence-electron chi connectivity index (χ4n) is 2.09. The second kappa shape index (κ2) is 6.41. The highest BCUT2D eigenvalue weighted by Gasteiger charge is 2.22. The molecule has 1 aliphatic carbocycles. The van der Waals surface area contributed by atoms with E-state index in [0.29, 0.717) is 10.0 Å². The third kappa shape index (κ3) is 3.61. The van der Waals surface area contributed by atoms with Gasteiger partial charge in [0.2, 0.25) is 5.91 Å². The smallest absolute Gasteiger partial charge is 0.246 e. The van der Waals surface area contributed by atoms with Crippen molar-refractivity contribution in [2.75, 3.05) is 0 Å². The maximum absolute atomic E-state index is 11.7. The number of nitrogens with one attached hydrogen (secondary N) is 1. The van der Waals surface area contributed by atoms with Crippen molar-refractivity contribution in [2.24, 2.45) is 5.92 Å². The molecule has 1 amide bonds. The van der Waals surface area contributed by atoms with E-state index in [4.69, 9.17) is 28.0 Å². The summed E-state index contributed by atoms with van der Waals surface area (Å²) in [6, 6.07) is 5.25. The van der Waals surface area contributed by atoms with Crippen molar-refractivity contribution in [1.29, 1.82) is 0 Å². The Morgan fingerprint density at radius 1 is 1.28 bits per heavy atom. The van der Waals surface area contributed by atoms with Gasteiger partial charge in [-0.3, -0.25) is 9.63 Å². The first-order chi connectivity index (χ1) is 8.66. The Labute approximate surface area is 116 Å². The van der Waals surface area contributed by atoms with Crippen molar-refractivity contribution >= 4 is 29.1 Å². The third-order valence-electron chi connectivity index (χ3n) is 3.12. The third-order valence-corrected chi connectivity index (χ3v) is 3.86. The Morgan fingerprint density at radius 3 is 2.67 bits per heavy atom. The zero-order chi connectivity index (χ0) is 13.0. The molecule has 2 rings (SSSR count). The molecule has 1 fully saturated rings. The Balaban J connectivity index is 1.77. The van der Waals surface area contributed by atoms with Gasteiger partial charge in [0.05, 0.1) is 16.7 Å². The van der Waals surface area contributed by atoms with E-state index >= 15 is 0 Å². The van der Waals surface area contributed by atoms with Gasteiger partial charge in [0.1, 0.15) is 0 Å². The number of hydroxylamine groups is 1. The zero-order valence-corrected chi connectivity index (χ0v) is 11.4. The van der Waals surface area contributed by atoms with Crippen LogP contribution in [0.25, 0.3) is 0 Å². The molecule has 0 heterocycles. The predicted octanol–water partition coefficient (Wildman–Crippen LogP) is 3.73. The second-order valence-electron chi connectivity index (χ2n) is 4.48. The lowest BCUT2D eigenvalue weighted by Crippen LogP contribution is -2.29. The van der Waals surface area contributed by atoms with Crippen molar-refractivity contribution in [2.45, 2.75) is 32.3 Å². The maximum Gasteiger partial charge on any atom is 0.246 e. The molecule has 0 aliphatic heterocycles. The lowest BCUT2D eigenvalue weighted by molar-refractivity contribution is -0.138. The normalized spacial score (nSPS) is 15.9. The van der Waals surface area contributed by atoms with E-state index in [1.54, 1.807) is 12.1 Å². The SMILES string of the molecule is O=C(NOCc1ccc(Cl)c(Cl)c1)C1CCCC1. The fraction of sp³-hybridized carbons (Fsp3) is 0.462. The Morgan fingerprint density at radius 2 is 2.00 bits per heavy atom. The first-order valence-corrected chi connectivity index (χ1v) is 6.78. The van der Waals surface area contributed by atoms with Crippen LogP contribution in [0.5, 0.6) is 0 Å². The molecule has 3 nitrogen and oxygen atoms in total. The summed E-state index contributed by atoms with van der Waals surface area (Å²) >= 11 is 11.7. The minimum absolute atomic E-state index is 0.0208. The molecule has 0 atom stereocenters. The second-order valence-corrected chi connectivity index (χ2v) is 5.30. The molecular formula is C13H15Cl2NO2. The number of hydrogen-bond acceptors (Lipinski definition) is 2. The van der Waals surface area contributed by atoms with Crippen LogP contribution < -0.4 is 5.48 Å². The number of halogens is 2. The molecule has 1 aromatic rings. The van der Waals surface area contributed by atoms with Crippen molar-refractivity contribution < 1.29 is 9.63 Å². The van der Waals surface area contributed by atoms with Gasteiger partial charge in [-0.2, -0.15) is 0 Å². The van der Waals surface area contributed by atoms with Gasteiger partial charge in [-0.25, -0.2) is 5.48 Å². The van der Waals surface area contributed by atoms with Crippen LogP contribution in [-0.4, -0.2) is 5.91 Å². The number of carbonyl (C=O) groups is 1. The number of carbonyl (C=O) groups excluding carboxylic acids is 1. The molecule has 98 valence electrons. The van der Waals surface area contributed by atoms with Crippen LogP contribution in [0.2, 0.25) is 10.0 Å². The van der Waals surface area contributed by atoms with Gasteiger partial charge in [0, 0.05) is 5.92 Å². The molecule has 1 aromatic carbocycles. The standard InChI is InChI=1S/C13H15Cl2NO2/c14-11-6-5-9(7-12(11)15)8-18-16-13(17)10-3-1-2-4-10/h5-7,10H,1-4,8H2,(H,16,17). The first kappa shape index (κ1) is 13.7. The highest BCUT2D eigenvalue weighted by molar-refractivity contribution is 6.42. The van der Waals surface area contributed by atoms with E-state index < -0.39 is 0 Å². The topological polar surface area (TPSA) is 38.3 Å². The monoisotopic (exact) mass is 287 g/mol. The van der Waals surface area contributed by atoms with E-state index in [2.05, 4.69) is 5.48 Å². The number of rotatable bonds is 4. The number of amides is 1. The molecule has 1 aliphatic rings. The number of hydrogen-bond donors (Lipinski definition) is 1. The summed E-state index contributed by atoms with van der Waals surface area (Å²) < 4.78 is 0. The van der Waals surface area contributed by atoms with Gasteiger partial charge >= 0.3 is 0 Å². The van der Waals surface area contributed by atoms with Crippen LogP contribution >= 0.6 is 23.2 Å². The maximum atomic E-state index is 11.7. The van der Waals surface area contributed by atoms with Gasteiger partial charge in [-0.15, -0.1) is 0 Å². The molecule has 5 heteroatoms. The predicted molar refractivity (Wildman–Crippen MR) is 71.4 cm³/mol. The molecule has 1 N–H and O–H groups in total. The molecule has 0 bridgehead atoms. The van der Waals surface area contributed by atoms with Crippen LogP contribution in [0.1, 0.15) is 31.2 Å². The summed E-state index contributed by atoms with van der Waals surface area (Å²) in [7, 11) is 0. The minimum atomic E-state index is -0.0208. The lowest BCUT2D eigenvalue weighted by Gasteiger charge is -2.10. The molecular weight excluding hydrogens is 273 g/mol. The quantitative estimate of drug-likeness (QED) is 0.857. The van der Waals surface area contributed by atoms with Crippen molar-refractivity contribution in [3.05, 3.63) is 33.8 Å². The van der Waals surface area contributed by atoms with Crippen LogP contribution in [-0.2, 0) is 16.2 Å². The van der Waals surface area contributed by atoms with Crippen molar-refractivity contribution in [3.8, 4) is 0 Å². The van der Waals surface area contributed by atoms with Crippen molar-refractivity contribution in [1.82, 2.24) is 5.48 Å². The molecule has 0 unspecified atom stereocenters. The molecule has 0 aromatic heterocycles. The highest BCUT2D eigenvalue weighted by atomic mass is 35.5. The zero-order valence-electron chi connectivity index (χ0n) is 9.92. The van der Waals surface area contributed by atoms with Crippen molar-refractivity contribution in [3.63, 3.8) is 0 Å². The minimum Gasteiger partial charge on any atom is -0.273 e. The van der Waals surface area contributed by atoms with Gasteiger partial charge in [-0.05, 0) is 30.5 Å². The Hall–Kier alpha value is -0.770. The largest absolute Gasteiger partial charge is 0.273 e.